The largest absolute Gasteiger partial charge is 0.481 e. The van der Waals surface area contributed by atoms with Crippen LogP contribution in [0.4, 0.5) is 0 Å². The Morgan fingerprint density at radius 1 is 1.19 bits per heavy atom. The lowest BCUT2D eigenvalue weighted by Gasteiger charge is -2.19. The molecule has 0 aromatic heterocycles. The normalized spacial score (nSPS) is 12.6. The van der Waals surface area contributed by atoms with Gasteiger partial charge in [0.25, 0.3) is 0 Å². The monoisotopic (exact) mass is 244 g/mol. The number of hydrogen-bond donors (Lipinski definition) is 2. The van der Waals surface area contributed by atoms with E-state index in [0.29, 0.717) is 5.75 Å². The molecular formula is C11H17O4P. The summed E-state index contributed by atoms with van der Waals surface area (Å²) in [5.41, 5.74) is 1.21. The molecule has 2 N–H and O–H groups in total. The van der Waals surface area contributed by atoms with Gasteiger partial charge in [-0.3, -0.25) is 4.57 Å². The lowest BCUT2D eigenvalue weighted by atomic mass is 9.87. The minimum Gasteiger partial charge on any atom is -0.481 e. The smallest absolute Gasteiger partial charge is 0.362 e. The summed E-state index contributed by atoms with van der Waals surface area (Å²) in [5.74, 6) is 0.469. The molecule has 0 bridgehead atoms. The second-order valence-electron chi connectivity index (χ2n) is 4.71. The van der Waals surface area contributed by atoms with Crippen LogP contribution in [0.25, 0.3) is 0 Å². The number of benzene rings is 1. The van der Waals surface area contributed by atoms with Gasteiger partial charge in [0.2, 0.25) is 0 Å². The number of ether oxygens (including phenoxy) is 1. The molecule has 4 nitrogen and oxygen atoms in total. The molecule has 0 heterocycles. The van der Waals surface area contributed by atoms with Gasteiger partial charge in [0, 0.05) is 0 Å². The Hall–Kier alpha value is -0.830. The van der Waals surface area contributed by atoms with Crippen molar-refractivity contribution in [2.45, 2.75) is 26.2 Å². The second-order valence-corrected chi connectivity index (χ2v) is 6.30. The zero-order chi connectivity index (χ0) is 12.4. The topological polar surface area (TPSA) is 66.8 Å². The summed E-state index contributed by atoms with van der Waals surface area (Å²) in [5, 5.41) is 0. The molecular weight excluding hydrogens is 227 g/mol. The van der Waals surface area contributed by atoms with Crippen molar-refractivity contribution in [3.8, 4) is 5.75 Å². The minimum absolute atomic E-state index is 0.0573. The van der Waals surface area contributed by atoms with Crippen LogP contribution in [0, 0.1) is 0 Å². The Labute approximate surface area is 95.4 Å². The van der Waals surface area contributed by atoms with Crippen molar-refractivity contribution in [3.63, 3.8) is 0 Å². The van der Waals surface area contributed by atoms with Crippen LogP contribution in [0.2, 0.25) is 0 Å². The van der Waals surface area contributed by atoms with E-state index in [-0.39, 0.29) is 5.41 Å². The molecule has 0 aliphatic heterocycles. The van der Waals surface area contributed by atoms with E-state index >= 15 is 0 Å². The molecule has 1 aromatic carbocycles. The summed E-state index contributed by atoms with van der Waals surface area (Å²) in [6, 6.07) is 7.23. The van der Waals surface area contributed by atoms with Crippen molar-refractivity contribution in [3.05, 3.63) is 29.8 Å². The van der Waals surface area contributed by atoms with E-state index in [1.54, 1.807) is 12.1 Å². The van der Waals surface area contributed by atoms with Gasteiger partial charge < -0.3 is 14.5 Å². The maximum atomic E-state index is 10.6. The molecule has 0 aliphatic carbocycles. The highest BCUT2D eigenvalue weighted by Crippen LogP contribution is 2.34. The summed E-state index contributed by atoms with van der Waals surface area (Å²) in [7, 11) is -4.10. The first-order chi connectivity index (χ1) is 7.18. The Kier molecular flexibility index (Phi) is 3.79. The molecule has 90 valence electrons. The van der Waals surface area contributed by atoms with Crippen LogP contribution >= 0.6 is 7.60 Å². The molecule has 0 amide bonds. The fraction of sp³-hybridized carbons (Fsp3) is 0.455. The standard InChI is InChI=1S/C11H17O4P/c1-11(2,3)9-4-6-10(7-5-9)15-8-16(12,13)14/h4-7H,8H2,1-3H3,(H2,12,13,14). The van der Waals surface area contributed by atoms with Gasteiger partial charge in [0.1, 0.15) is 5.75 Å². The average Bonchev–Trinajstić information content (AvgIpc) is 2.13. The van der Waals surface area contributed by atoms with Crippen molar-refractivity contribution < 1.29 is 19.1 Å². The fourth-order valence-electron chi connectivity index (χ4n) is 1.21. The molecule has 0 aliphatic rings. The van der Waals surface area contributed by atoms with Crippen molar-refractivity contribution >= 4 is 7.60 Å². The van der Waals surface area contributed by atoms with Crippen LogP contribution in [0.1, 0.15) is 26.3 Å². The zero-order valence-corrected chi connectivity index (χ0v) is 10.6. The van der Waals surface area contributed by atoms with Crippen molar-refractivity contribution in [2.75, 3.05) is 6.35 Å². The van der Waals surface area contributed by atoms with Gasteiger partial charge in [-0.2, -0.15) is 0 Å². The molecule has 0 radical (unpaired) electrons. The van der Waals surface area contributed by atoms with E-state index in [2.05, 4.69) is 20.8 Å². The third kappa shape index (κ3) is 4.35. The third-order valence-corrected chi connectivity index (χ3v) is 2.59. The molecule has 0 atom stereocenters. The quantitative estimate of drug-likeness (QED) is 0.801. The third-order valence-electron chi connectivity index (χ3n) is 2.12. The van der Waals surface area contributed by atoms with Gasteiger partial charge in [-0.25, -0.2) is 0 Å². The van der Waals surface area contributed by atoms with Crippen LogP contribution in [0.3, 0.4) is 0 Å². The summed E-state index contributed by atoms with van der Waals surface area (Å²) in [6.07, 6.45) is -0.581. The summed E-state index contributed by atoms with van der Waals surface area (Å²) < 4.78 is 15.6. The molecule has 0 saturated heterocycles. The number of rotatable bonds is 3. The minimum atomic E-state index is -4.10. The maximum absolute atomic E-state index is 10.6. The predicted octanol–water partition coefficient (Wildman–Crippen LogP) is 2.50. The van der Waals surface area contributed by atoms with Gasteiger partial charge in [0.05, 0.1) is 0 Å². The van der Waals surface area contributed by atoms with Crippen LogP contribution in [0.15, 0.2) is 24.3 Å². The highest BCUT2D eigenvalue weighted by molar-refractivity contribution is 7.51. The summed E-state index contributed by atoms with van der Waals surface area (Å²) >= 11 is 0. The van der Waals surface area contributed by atoms with Gasteiger partial charge in [-0.05, 0) is 23.1 Å². The van der Waals surface area contributed by atoms with Crippen molar-refractivity contribution in [1.82, 2.24) is 0 Å². The zero-order valence-electron chi connectivity index (χ0n) is 9.67. The van der Waals surface area contributed by atoms with Gasteiger partial charge in [-0.1, -0.05) is 32.9 Å². The Bertz CT molecular complexity index is 385. The van der Waals surface area contributed by atoms with Gasteiger partial charge >= 0.3 is 7.60 Å². The van der Waals surface area contributed by atoms with Crippen molar-refractivity contribution in [1.29, 1.82) is 0 Å². The van der Waals surface area contributed by atoms with Crippen LogP contribution in [-0.2, 0) is 9.98 Å². The van der Waals surface area contributed by atoms with E-state index in [0.717, 1.165) is 5.56 Å². The molecule has 1 rings (SSSR count). The van der Waals surface area contributed by atoms with Crippen LogP contribution < -0.4 is 4.74 Å². The highest BCUT2D eigenvalue weighted by Gasteiger charge is 2.15. The molecule has 0 saturated carbocycles. The Morgan fingerprint density at radius 2 is 1.69 bits per heavy atom. The molecule has 0 spiro atoms. The summed E-state index contributed by atoms with van der Waals surface area (Å²) in [6.45, 7) is 6.29. The molecule has 5 heteroatoms. The lowest BCUT2D eigenvalue weighted by molar-refractivity contribution is 0.300. The van der Waals surface area contributed by atoms with Crippen LogP contribution in [0.5, 0.6) is 5.75 Å². The molecule has 1 aromatic rings. The van der Waals surface area contributed by atoms with E-state index in [9.17, 15) is 4.57 Å². The highest BCUT2D eigenvalue weighted by atomic mass is 31.2. The maximum Gasteiger partial charge on any atom is 0.362 e. The summed E-state index contributed by atoms with van der Waals surface area (Å²) in [4.78, 5) is 17.3. The first-order valence-corrected chi connectivity index (χ1v) is 6.76. The van der Waals surface area contributed by atoms with E-state index < -0.39 is 13.9 Å². The van der Waals surface area contributed by atoms with E-state index in [4.69, 9.17) is 14.5 Å². The van der Waals surface area contributed by atoms with E-state index in [1.807, 2.05) is 12.1 Å². The average molecular weight is 244 g/mol. The first kappa shape index (κ1) is 13.2. The first-order valence-electron chi connectivity index (χ1n) is 4.96. The molecule has 16 heavy (non-hydrogen) atoms. The van der Waals surface area contributed by atoms with Crippen LogP contribution in [-0.4, -0.2) is 16.1 Å². The molecule has 0 unspecified atom stereocenters. The fourth-order valence-corrected chi connectivity index (χ4v) is 1.53. The molecule has 0 fully saturated rings. The van der Waals surface area contributed by atoms with Gasteiger partial charge in [0.15, 0.2) is 6.35 Å². The Morgan fingerprint density at radius 3 is 2.06 bits per heavy atom. The number of hydrogen-bond acceptors (Lipinski definition) is 2. The SMILES string of the molecule is CC(C)(C)c1ccc(OCP(=O)(O)O)cc1. The predicted molar refractivity (Wildman–Crippen MR) is 62.7 cm³/mol. The van der Waals surface area contributed by atoms with Gasteiger partial charge in [-0.15, -0.1) is 0 Å². The lowest BCUT2D eigenvalue weighted by Crippen LogP contribution is -2.10. The Balaban J connectivity index is 2.69. The van der Waals surface area contributed by atoms with Crippen molar-refractivity contribution in [2.24, 2.45) is 0 Å². The van der Waals surface area contributed by atoms with E-state index in [1.165, 1.54) is 0 Å². The second kappa shape index (κ2) is 4.58.